The summed E-state index contributed by atoms with van der Waals surface area (Å²) in [4.78, 5) is 11.7. The predicted molar refractivity (Wildman–Crippen MR) is 73.7 cm³/mol. The van der Waals surface area contributed by atoms with Crippen LogP contribution in [0.2, 0.25) is 0 Å². The summed E-state index contributed by atoms with van der Waals surface area (Å²) in [6.45, 7) is 1.47. The Hall–Kier alpha value is -1.15. The first-order valence-electron chi connectivity index (χ1n) is 6.64. The number of halogens is 8. The lowest BCUT2D eigenvalue weighted by Gasteiger charge is -2.14. The number of carbonyl (C=O) groups is 1. The van der Waals surface area contributed by atoms with Gasteiger partial charge in [0.25, 0.3) is 0 Å². The van der Waals surface area contributed by atoms with Crippen molar-refractivity contribution in [1.29, 1.82) is 0 Å². The highest BCUT2D eigenvalue weighted by Crippen LogP contribution is 2.65. The van der Waals surface area contributed by atoms with Crippen molar-refractivity contribution in [2.24, 2.45) is 5.92 Å². The van der Waals surface area contributed by atoms with Crippen LogP contribution in [-0.4, -0.2) is 16.9 Å². The van der Waals surface area contributed by atoms with Crippen LogP contribution < -0.4 is 0 Å². The van der Waals surface area contributed by atoms with Crippen LogP contribution in [0.1, 0.15) is 29.5 Å². The van der Waals surface area contributed by atoms with Gasteiger partial charge in [0.15, 0.2) is 0 Å². The monoisotopic (exact) mass is 394 g/mol. The fourth-order valence-corrected chi connectivity index (χ4v) is 3.23. The fourth-order valence-electron chi connectivity index (χ4n) is 2.43. The van der Waals surface area contributed by atoms with Crippen molar-refractivity contribution in [3.63, 3.8) is 0 Å². The van der Waals surface area contributed by atoms with Crippen molar-refractivity contribution < 1.29 is 35.9 Å². The van der Waals surface area contributed by atoms with Gasteiger partial charge in [0.2, 0.25) is 0 Å². The zero-order valence-corrected chi connectivity index (χ0v) is 13.4. The first-order valence-corrected chi connectivity index (χ1v) is 7.39. The SMILES string of the molecule is CCOC(=O)C1C(c2cc(C(F)(F)F)cc(C(F)(F)F)c2)C1(Cl)Cl. The second kappa shape index (κ2) is 5.98. The molecule has 134 valence electrons. The number of hydrogen-bond acceptors (Lipinski definition) is 2. The van der Waals surface area contributed by atoms with Gasteiger partial charge in [-0.05, 0) is 30.7 Å². The van der Waals surface area contributed by atoms with Gasteiger partial charge in [-0.1, -0.05) is 23.2 Å². The minimum Gasteiger partial charge on any atom is -0.466 e. The zero-order valence-electron chi connectivity index (χ0n) is 11.9. The first-order chi connectivity index (χ1) is 10.8. The summed E-state index contributed by atoms with van der Waals surface area (Å²) in [7, 11) is 0. The largest absolute Gasteiger partial charge is 0.466 e. The molecule has 24 heavy (non-hydrogen) atoms. The second-order valence-electron chi connectivity index (χ2n) is 5.22. The Labute approximate surface area is 142 Å². The highest BCUT2D eigenvalue weighted by Gasteiger charge is 2.68. The zero-order chi connectivity index (χ0) is 18.5. The summed E-state index contributed by atoms with van der Waals surface area (Å²) in [6, 6.07) is 1.02. The Bertz CT molecular complexity index is 621. The lowest BCUT2D eigenvalue weighted by molar-refractivity contribution is -0.145. The Kier molecular flexibility index (Phi) is 4.78. The van der Waals surface area contributed by atoms with Crippen LogP contribution in [0.4, 0.5) is 26.3 Å². The summed E-state index contributed by atoms with van der Waals surface area (Å²) >= 11 is 11.7. The fraction of sp³-hybridized carbons (Fsp3) is 0.500. The Morgan fingerprint density at radius 3 is 1.92 bits per heavy atom. The van der Waals surface area contributed by atoms with E-state index in [9.17, 15) is 31.1 Å². The van der Waals surface area contributed by atoms with Crippen molar-refractivity contribution in [3.05, 3.63) is 34.9 Å². The third kappa shape index (κ3) is 3.59. The molecule has 0 N–H and O–H groups in total. The van der Waals surface area contributed by atoms with Gasteiger partial charge in [-0.2, -0.15) is 26.3 Å². The molecule has 0 heterocycles. The minimum absolute atomic E-state index is 0.00457. The Morgan fingerprint density at radius 1 is 1.08 bits per heavy atom. The number of alkyl halides is 8. The van der Waals surface area contributed by atoms with Crippen molar-refractivity contribution in [2.75, 3.05) is 6.61 Å². The van der Waals surface area contributed by atoms with Crippen LogP contribution >= 0.6 is 23.2 Å². The van der Waals surface area contributed by atoms with Crippen LogP contribution in [0, 0.1) is 5.92 Å². The molecule has 0 radical (unpaired) electrons. The van der Waals surface area contributed by atoms with Gasteiger partial charge in [-0.25, -0.2) is 0 Å². The topological polar surface area (TPSA) is 26.3 Å². The molecule has 0 saturated heterocycles. The quantitative estimate of drug-likeness (QED) is 0.401. The maximum absolute atomic E-state index is 12.9. The molecule has 0 bridgehead atoms. The van der Waals surface area contributed by atoms with Crippen molar-refractivity contribution in [2.45, 2.75) is 29.5 Å². The molecule has 1 saturated carbocycles. The van der Waals surface area contributed by atoms with Gasteiger partial charge in [0, 0.05) is 5.92 Å². The number of ether oxygens (including phenoxy) is 1. The lowest BCUT2D eigenvalue weighted by Crippen LogP contribution is -2.12. The average molecular weight is 395 g/mol. The first kappa shape index (κ1) is 19.2. The Morgan fingerprint density at radius 2 is 1.54 bits per heavy atom. The van der Waals surface area contributed by atoms with Gasteiger partial charge in [0.1, 0.15) is 10.3 Å². The molecule has 1 aromatic rings. The molecular formula is C14H10Cl2F6O2. The average Bonchev–Trinajstić information content (AvgIpc) is 2.99. The molecule has 0 amide bonds. The van der Waals surface area contributed by atoms with Crippen molar-refractivity contribution in [1.82, 2.24) is 0 Å². The van der Waals surface area contributed by atoms with Gasteiger partial charge < -0.3 is 4.74 Å². The van der Waals surface area contributed by atoms with Gasteiger partial charge in [-0.3, -0.25) is 4.79 Å². The third-order valence-electron chi connectivity index (χ3n) is 3.56. The predicted octanol–water partition coefficient (Wildman–Crippen LogP) is 5.17. The summed E-state index contributed by atoms with van der Waals surface area (Å²) in [6.07, 6.45) is -9.99. The van der Waals surface area contributed by atoms with Crippen molar-refractivity contribution >= 4 is 29.2 Å². The maximum atomic E-state index is 12.9. The van der Waals surface area contributed by atoms with E-state index in [0.29, 0.717) is 12.1 Å². The molecule has 0 spiro atoms. The Balaban J connectivity index is 2.49. The van der Waals surface area contributed by atoms with Crippen LogP contribution in [0.25, 0.3) is 0 Å². The molecule has 2 unspecified atom stereocenters. The molecule has 2 rings (SSSR count). The normalized spacial score (nSPS) is 23.0. The molecule has 0 aliphatic heterocycles. The number of rotatable bonds is 3. The summed E-state index contributed by atoms with van der Waals surface area (Å²) in [5.41, 5.74) is -3.41. The van der Waals surface area contributed by atoms with E-state index in [2.05, 4.69) is 0 Å². The maximum Gasteiger partial charge on any atom is 0.416 e. The van der Waals surface area contributed by atoms with E-state index in [1.807, 2.05) is 0 Å². The molecular weight excluding hydrogens is 385 g/mol. The van der Waals surface area contributed by atoms with Crippen LogP contribution in [0.15, 0.2) is 18.2 Å². The number of benzene rings is 1. The minimum atomic E-state index is -4.99. The van der Waals surface area contributed by atoms with E-state index in [1.54, 1.807) is 0 Å². The van der Waals surface area contributed by atoms with E-state index >= 15 is 0 Å². The van der Waals surface area contributed by atoms with Gasteiger partial charge >= 0.3 is 18.3 Å². The molecule has 10 heteroatoms. The number of hydrogen-bond donors (Lipinski definition) is 0. The smallest absolute Gasteiger partial charge is 0.416 e. The summed E-state index contributed by atoms with van der Waals surface area (Å²) in [5.74, 6) is -3.33. The molecule has 2 nitrogen and oxygen atoms in total. The van der Waals surface area contributed by atoms with Gasteiger partial charge in [0.05, 0.1) is 17.7 Å². The van der Waals surface area contributed by atoms with Crippen LogP contribution in [0.5, 0.6) is 0 Å². The molecule has 2 atom stereocenters. The highest BCUT2D eigenvalue weighted by atomic mass is 35.5. The second-order valence-corrected chi connectivity index (χ2v) is 6.67. The number of esters is 1. The van der Waals surface area contributed by atoms with E-state index in [1.165, 1.54) is 6.92 Å². The van der Waals surface area contributed by atoms with E-state index in [4.69, 9.17) is 27.9 Å². The molecule has 1 aromatic carbocycles. The molecule has 1 fully saturated rings. The lowest BCUT2D eigenvalue weighted by atomic mass is 10.0. The van der Waals surface area contributed by atoms with E-state index in [-0.39, 0.29) is 12.7 Å². The summed E-state index contributed by atoms with van der Waals surface area (Å²) in [5, 5.41) is 0. The standard InChI is InChI=1S/C14H10Cl2F6O2/c1-2-24-11(23)10-9(12(10,15)16)6-3-7(13(17,18)19)5-8(4-6)14(20,21)22/h3-5,9-10H,2H2,1H3. The third-order valence-corrected chi connectivity index (χ3v) is 4.50. The van der Waals surface area contributed by atoms with Crippen LogP contribution in [0.3, 0.4) is 0 Å². The summed E-state index contributed by atoms with van der Waals surface area (Å²) < 4.78 is 80.1. The van der Waals surface area contributed by atoms with Crippen molar-refractivity contribution in [3.8, 4) is 0 Å². The molecule has 0 aromatic heterocycles. The molecule has 1 aliphatic rings. The van der Waals surface area contributed by atoms with E-state index < -0.39 is 51.2 Å². The molecule has 1 aliphatic carbocycles. The number of carbonyl (C=O) groups excluding carboxylic acids is 1. The van der Waals surface area contributed by atoms with Gasteiger partial charge in [-0.15, -0.1) is 0 Å². The van der Waals surface area contributed by atoms with Crippen LogP contribution in [-0.2, 0) is 21.9 Å². The highest BCUT2D eigenvalue weighted by molar-refractivity contribution is 6.53. The van der Waals surface area contributed by atoms with E-state index in [0.717, 1.165) is 0 Å².